The van der Waals surface area contributed by atoms with Crippen molar-refractivity contribution < 1.29 is 14.3 Å². The molecule has 120 valence electrons. The van der Waals surface area contributed by atoms with Gasteiger partial charge in [0, 0.05) is 17.4 Å². The molecule has 0 aliphatic carbocycles. The van der Waals surface area contributed by atoms with Crippen LogP contribution < -0.4 is 5.56 Å². The SMILES string of the molecule is CCc1nc2scc(-c3ccco3)c2c(=O)n1C(CC)C(=O)O. The summed E-state index contributed by atoms with van der Waals surface area (Å²) < 4.78 is 6.70. The number of rotatable bonds is 5. The second-order valence-electron chi connectivity index (χ2n) is 5.13. The smallest absolute Gasteiger partial charge is 0.326 e. The molecule has 3 rings (SSSR count). The summed E-state index contributed by atoms with van der Waals surface area (Å²) in [4.78, 5) is 29.7. The van der Waals surface area contributed by atoms with Crippen molar-refractivity contribution in [3.8, 4) is 11.3 Å². The second kappa shape index (κ2) is 6.00. The van der Waals surface area contributed by atoms with Crippen LogP contribution in [0.5, 0.6) is 0 Å². The highest BCUT2D eigenvalue weighted by atomic mass is 32.1. The van der Waals surface area contributed by atoms with Gasteiger partial charge in [0.2, 0.25) is 0 Å². The van der Waals surface area contributed by atoms with E-state index in [9.17, 15) is 14.7 Å². The summed E-state index contributed by atoms with van der Waals surface area (Å²) >= 11 is 1.36. The summed E-state index contributed by atoms with van der Waals surface area (Å²) in [5.74, 6) is 0.0409. The average Bonchev–Trinajstić information content (AvgIpc) is 3.18. The van der Waals surface area contributed by atoms with E-state index in [1.807, 2.05) is 12.3 Å². The third-order valence-corrected chi connectivity index (χ3v) is 4.67. The number of hydrogen-bond acceptors (Lipinski definition) is 5. The normalized spacial score (nSPS) is 12.6. The molecule has 1 atom stereocenters. The zero-order chi connectivity index (χ0) is 16.6. The van der Waals surface area contributed by atoms with Gasteiger partial charge in [0.1, 0.15) is 22.5 Å². The Bertz CT molecular complexity index is 908. The van der Waals surface area contributed by atoms with E-state index in [0.29, 0.717) is 40.2 Å². The molecule has 3 aromatic heterocycles. The predicted molar refractivity (Wildman–Crippen MR) is 87.9 cm³/mol. The van der Waals surface area contributed by atoms with E-state index in [-0.39, 0.29) is 5.56 Å². The summed E-state index contributed by atoms with van der Waals surface area (Å²) in [5.41, 5.74) is 0.331. The maximum Gasteiger partial charge on any atom is 0.326 e. The highest BCUT2D eigenvalue weighted by Gasteiger charge is 2.25. The van der Waals surface area contributed by atoms with Crippen LogP contribution in [0.1, 0.15) is 32.1 Å². The fourth-order valence-corrected chi connectivity index (χ4v) is 3.63. The van der Waals surface area contributed by atoms with Crippen LogP contribution in [0, 0.1) is 0 Å². The summed E-state index contributed by atoms with van der Waals surface area (Å²) in [6.07, 6.45) is 2.34. The maximum absolute atomic E-state index is 13.0. The highest BCUT2D eigenvalue weighted by molar-refractivity contribution is 7.17. The van der Waals surface area contributed by atoms with Crippen LogP contribution in [-0.2, 0) is 11.2 Å². The summed E-state index contributed by atoms with van der Waals surface area (Å²) in [7, 11) is 0. The van der Waals surface area contributed by atoms with Crippen LogP contribution in [0.2, 0.25) is 0 Å². The topological polar surface area (TPSA) is 85.3 Å². The number of carbonyl (C=O) groups is 1. The fraction of sp³-hybridized carbons (Fsp3) is 0.312. The van der Waals surface area contributed by atoms with Crippen LogP contribution in [0.15, 0.2) is 33.0 Å². The van der Waals surface area contributed by atoms with Crippen molar-refractivity contribution in [3.63, 3.8) is 0 Å². The van der Waals surface area contributed by atoms with Gasteiger partial charge in [-0.3, -0.25) is 9.36 Å². The number of thiophene rings is 1. The molecule has 0 aromatic carbocycles. The van der Waals surface area contributed by atoms with Crippen molar-refractivity contribution in [2.75, 3.05) is 0 Å². The molecule has 23 heavy (non-hydrogen) atoms. The molecule has 6 nitrogen and oxygen atoms in total. The first-order valence-corrected chi connectivity index (χ1v) is 8.25. The van der Waals surface area contributed by atoms with E-state index in [0.717, 1.165) is 0 Å². The maximum atomic E-state index is 13.0. The summed E-state index contributed by atoms with van der Waals surface area (Å²) in [6.45, 7) is 3.61. The van der Waals surface area contributed by atoms with E-state index in [1.54, 1.807) is 19.1 Å². The molecule has 3 heterocycles. The van der Waals surface area contributed by atoms with Gasteiger partial charge in [-0.2, -0.15) is 0 Å². The molecule has 0 amide bonds. The molecule has 0 saturated carbocycles. The lowest BCUT2D eigenvalue weighted by molar-refractivity contribution is -0.141. The van der Waals surface area contributed by atoms with E-state index in [4.69, 9.17) is 4.42 Å². The van der Waals surface area contributed by atoms with Crippen molar-refractivity contribution >= 4 is 27.5 Å². The molecule has 0 fully saturated rings. The average molecular weight is 332 g/mol. The van der Waals surface area contributed by atoms with Gasteiger partial charge >= 0.3 is 5.97 Å². The number of carboxylic acids is 1. The first kappa shape index (κ1) is 15.5. The van der Waals surface area contributed by atoms with Crippen LogP contribution >= 0.6 is 11.3 Å². The van der Waals surface area contributed by atoms with E-state index in [1.165, 1.54) is 22.2 Å². The predicted octanol–water partition coefficient (Wildman–Crippen LogP) is 3.32. The minimum absolute atomic E-state index is 0.315. The molecular weight excluding hydrogens is 316 g/mol. The van der Waals surface area contributed by atoms with Gasteiger partial charge in [-0.25, -0.2) is 9.78 Å². The molecule has 3 aromatic rings. The Morgan fingerprint density at radius 3 is 2.83 bits per heavy atom. The Morgan fingerprint density at radius 1 is 1.48 bits per heavy atom. The molecule has 1 N–H and O–H groups in total. The first-order chi connectivity index (χ1) is 11.1. The van der Waals surface area contributed by atoms with Gasteiger partial charge < -0.3 is 9.52 Å². The number of aliphatic carboxylic acids is 1. The Morgan fingerprint density at radius 2 is 2.26 bits per heavy atom. The van der Waals surface area contributed by atoms with Crippen LogP contribution in [0.3, 0.4) is 0 Å². The van der Waals surface area contributed by atoms with Gasteiger partial charge in [0.25, 0.3) is 5.56 Å². The monoisotopic (exact) mass is 332 g/mol. The highest BCUT2D eigenvalue weighted by Crippen LogP contribution is 2.31. The van der Waals surface area contributed by atoms with Crippen molar-refractivity contribution in [3.05, 3.63) is 40.0 Å². The minimum Gasteiger partial charge on any atom is -0.480 e. The molecule has 0 aliphatic rings. The lowest BCUT2D eigenvalue weighted by atomic mass is 10.1. The van der Waals surface area contributed by atoms with E-state index >= 15 is 0 Å². The third kappa shape index (κ3) is 2.46. The quantitative estimate of drug-likeness (QED) is 0.774. The zero-order valence-electron chi connectivity index (χ0n) is 12.8. The number of nitrogens with zero attached hydrogens (tertiary/aromatic N) is 2. The first-order valence-electron chi connectivity index (χ1n) is 7.37. The Hall–Kier alpha value is -2.41. The third-order valence-electron chi connectivity index (χ3n) is 3.80. The molecule has 0 radical (unpaired) electrons. The minimum atomic E-state index is -1.03. The number of carboxylic acid groups (broad SMARTS) is 1. The Balaban J connectivity index is 2.35. The van der Waals surface area contributed by atoms with Crippen LogP contribution in [0.25, 0.3) is 21.5 Å². The van der Waals surface area contributed by atoms with E-state index in [2.05, 4.69) is 4.98 Å². The molecule has 0 spiro atoms. The largest absolute Gasteiger partial charge is 0.480 e. The summed E-state index contributed by atoms with van der Waals surface area (Å²) in [5, 5.41) is 11.7. The Labute approximate surface area is 136 Å². The fourth-order valence-electron chi connectivity index (χ4n) is 2.70. The van der Waals surface area contributed by atoms with Crippen molar-refractivity contribution in [2.45, 2.75) is 32.7 Å². The van der Waals surface area contributed by atoms with Crippen molar-refractivity contribution in [1.82, 2.24) is 9.55 Å². The lowest BCUT2D eigenvalue weighted by Gasteiger charge is -2.17. The standard InChI is InChI=1S/C16H16N2O4S/c1-3-10(16(20)21)18-12(4-2)17-14-13(15(18)19)9(8-23-14)11-6-5-7-22-11/h5-8,10H,3-4H2,1-2H3,(H,20,21). The van der Waals surface area contributed by atoms with Gasteiger partial charge in [0.15, 0.2) is 0 Å². The molecular formula is C16H16N2O4S. The van der Waals surface area contributed by atoms with Gasteiger partial charge in [-0.15, -0.1) is 11.3 Å². The molecule has 0 bridgehead atoms. The van der Waals surface area contributed by atoms with Crippen LogP contribution in [0.4, 0.5) is 0 Å². The van der Waals surface area contributed by atoms with Gasteiger partial charge in [0.05, 0.1) is 11.6 Å². The van der Waals surface area contributed by atoms with Gasteiger partial charge in [-0.05, 0) is 18.6 Å². The Kier molecular flexibility index (Phi) is 4.04. The van der Waals surface area contributed by atoms with Crippen molar-refractivity contribution in [1.29, 1.82) is 0 Å². The molecule has 7 heteroatoms. The number of furan rings is 1. The zero-order valence-corrected chi connectivity index (χ0v) is 13.6. The van der Waals surface area contributed by atoms with Gasteiger partial charge in [-0.1, -0.05) is 13.8 Å². The number of hydrogen-bond donors (Lipinski definition) is 1. The van der Waals surface area contributed by atoms with E-state index < -0.39 is 12.0 Å². The lowest BCUT2D eigenvalue weighted by Crippen LogP contribution is -2.33. The molecule has 0 saturated heterocycles. The molecule has 0 aliphatic heterocycles. The summed E-state index contributed by atoms with van der Waals surface area (Å²) in [6, 6.07) is 2.60. The van der Waals surface area contributed by atoms with Crippen LogP contribution in [-0.4, -0.2) is 20.6 Å². The molecule has 1 unspecified atom stereocenters. The van der Waals surface area contributed by atoms with Crippen molar-refractivity contribution in [2.24, 2.45) is 0 Å². The number of fused-ring (bicyclic) bond motifs is 1. The number of aryl methyl sites for hydroxylation is 1. The number of aromatic nitrogens is 2. The second-order valence-corrected chi connectivity index (χ2v) is 5.98.